The van der Waals surface area contributed by atoms with E-state index >= 15 is 0 Å². The van der Waals surface area contributed by atoms with Crippen molar-refractivity contribution in [3.8, 4) is 0 Å². The second-order valence-corrected chi connectivity index (χ2v) is 3.19. The van der Waals surface area contributed by atoms with Crippen molar-refractivity contribution >= 4 is 16.3 Å². The molecule has 0 saturated heterocycles. The van der Waals surface area contributed by atoms with Crippen LogP contribution in [0.5, 0.6) is 0 Å². The van der Waals surface area contributed by atoms with Crippen LogP contribution in [0.15, 0.2) is 0 Å². The fraction of sp³-hybridized carbons (Fsp3) is 0.667. The summed E-state index contributed by atoms with van der Waals surface area (Å²) in [6, 6.07) is -3.93. The second-order valence-electron chi connectivity index (χ2n) is 1.80. The molecule has 0 aliphatic rings. The van der Waals surface area contributed by atoms with Gasteiger partial charge in [-0.15, -0.1) is 0 Å². The Balaban J connectivity index is 5.42. The van der Waals surface area contributed by atoms with Crippen LogP contribution in [0.1, 0.15) is 0 Å². The Hall–Kier alpha value is -0.800. The van der Waals surface area contributed by atoms with Gasteiger partial charge in [-0.3, -0.25) is 4.79 Å². The first-order valence-corrected chi connectivity index (χ1v) is 3.72. The summed E-state index contributed by atoms with van der Waals surface area (Å²) in [5.74, 6) is -6.22. The molecule has 0 aliphatic heterocycles. The Labute approximate surface area is 67.5 Å². The third-order valence-electron chi connectivity index (χ3n) is 0.919. The maximum absolute atomic E-state index is 11.8. The predicted molar refractivity (Wildman–Crippen MR) is 26.0 cm³/mol. The molecule has 0 N–H and O–H groups in total. The highest BCUT2D eigenvalue weighted by molar-refractivity contribution is 7.87. The fourth-order valence-electron chi connectivity index (χ4n) is 0.268. The highest BCUT2D eigenvalue weighted by atomic mass is 32.3. The molecule has 0 unspecified atom stereocenters. The van der Waals surface area contributed by atoms with E-state index in [1.807, 2.05) is 0 Å². The van der Waals surface area contributed by atoms with Gasteiger partial charge in [0.2, 0.25) is 0 Å². The summed E-state index contributed by atoms with van der Waals surface area (Å²) >= 11 is 0. The summed E-state index contributed by atoms with van der Waals surface area (Å²) in [5.41, 5.74) is 0. The molecule has 0 aromatic carbocycles. The van der Waals surface area contributed by atoms with Gasteiger partial charge in [0.15, 0.2) is 0 Å². The zero-order valence-corrected chi connectivity index (χ0v) is 6.22. The number of hydrogen-bond acceptors (Lipinski definition) is 3. The Morgan fingerprint density at radius 1 is 1.08 bits per heavy atom. The first kappa shape index (κ1) is 12.2. The van der Waals surface area contributed by atoms with Crippen LogP contribution < -0.4 is 0 Å². The monoisotopic (exact) mass is 230 g/mol. The highest BCUT2D eigenvalue weighted by Crippen LogP contribution is 2.40. The van der Waals surface area contributed by atoms with Crippen LogP contribution in [-0.4, -0.2) is 25.6 Å². The largest absolute Gasteiger partial charge is 0.446 e. The first-order valence-electron chi connectivity index (χ1n) is 2.34. The van der Waals surface area contributed by atoms with Gasteiger partial charge in [0, 0.05) is 0 Å². The van der Waals surface area contributed by atoms with E-state index in [2.05, 4.69) is 0 Å². The molecule has 0 aromatic heterocycles. The molecule has 0 saturated carbocycles. The summed E-state index contributed by atoms with van der Waals surface area (Å²) < 4.78 is 88.5. The van der Waals surface area contributed by atoms with Crippen molar-refractivity contribution < 1.29 is 39.1 Å². The Morgan fingerprint density at radius 3 is 1.46 bits per heavy atom. The first-order chi connectivity index (χ1) is 5.44. The van der Waals surface area contributed by atoms with Gasteiger partial charge in [-0.05, 0) is 0 Å². The molecule has 0 spiro atoms. The SMILES string of the molecule is O=C(F)C(F)(F)C(F)(F)S(=O)(=O)F. The molecule has 0 aromatic rings. The van der Waals surface area contributed by atoms with E-state index in [1.165, 1.54) is 0 Å². The lowest BCUT2D eigenvalue weighted by Gasteiger charge is -2.17. The van der Waals surface area contributed by atoms with E-state index < -0.39 is 27.4 Å². The second kappa shape index (κ2) is 2.86. The molecular weight excluding hydrogens is 230 g/mol. The summed E-state index contributed by atoms with van der Waals surface area (Å²) in [4.78, 5) is 9.23. The van der Waals surface area contributed by atoms with Crippen LogP contribution in [0.25, 0.3) is 0 Å². The van der Waals surface area contributed by atoms with E-state index in [0.717, 1.165) is 0 Å². The molecule has 0 amide bonds. The molecule has 13 heavy (non-hydrogen) atoms. The standard InChI is InChI=1S/C3F6O3S/c4-1(10)2(5,6)3(7,8)13(9,11)12. The highest BCUT2D eigenvalue weighted by Gasteiger charge is 2.71. The van der Waals surface area contributed by atoms with Crippen LogP contribution in [0.3, 0.4) is 0 Å². The van der Waals surface area contributed by atoms with Crippen LogP contribution in [0, 0.1) is 0 Å². The minimum Gasteiger partial charge on any atom is -0.254 e. The minimum atomic E-state index is -7.05. The van der Waals surface area contributed by atoms with E-state index in [1.54, 1.807) is 0 Å². The average Bonchev–Trinajstić information content (AvgIpc) is 1.84. The quantitative estimate of drug-likeness (QED) is 0.537. The van der Waals surface area contributed by atoms with Crippen molar-refractivity contribution in [3.05, 3.63) is 0 Å². The van der Waals surface area contributed by atoms with Gasteiger partial charge < -0.3 is 0 Å². The van der Waals surface area contributed by atoms with Gasteiger partial charge >= 0.3 is 27.4 Å². The maximum atomic E-state index is 11.8. The van der Waals surface area contributed by atoms with Crippen LogP contribution in [0.4, 0.5) is 25.8 Å². The lowest BCUT2D eigenvalue weighted by atomic mass is 10.4. The van der Waals surface area contributed by atoms with E-state index in [4.69, 9.17) is 0 Å². The molecule has 0 atom stereocenters. The number of halogens is 6. The Morgan fingerprint density at radius 2 is 1.38 bits per heavy atom. The number of hydrogen-bond donors (Lipinski definition) is 0. The zero-order chi connectivity index (χ0) is 11.1. The molecule has 0 rings (SSSR count). The van der Waals surface area contributed by atoms with E-state index in [-0.39, 0.29) is 0 Å². The molecule has 0 radical (unpaired) electrons. The Bertz CT molecular complexity index is 318. The van der Waals surface area contributed by atoms with Gasteiger partial charge in [-0.2, -0.15) is 30.4 Å². The summed E-state index contributed by atoms with van der Waals surface area (Å²) in [7, 11) is -7.05. The van der Waals surface area contributed by atoms with Crippen LogP contribution in [-0.2, 0) is 15.0 Å². The summed E-state index contributed by atoms with van der Waals surface area (Å²) in [6.07, 6.45) is 0. The number of alkyl halides is 4. The number of rotatable bonds is 3. The van der Waals surface area contributed by atoms with Gasteiger partial charge in [0.25, 0.3) is 0 Å². The molecule has 0 aliphatic carbocycles. The van der Waals surface area contributed by atoms with Gasteiger partial charge in [0.05, 0.1) is 0 Å². The zero-order valence-electron chi connectivity index (χ0n) is 5.40. The van der Waals surface area contributed by atoms with Gasteiger partial charge in [0.1, 0.15) is 0 Å². The topological polar surface area (TPSA) is 51.2 Å². The third-order valence-corrected chi connectivity index (χ3v) is 1.79. The lowest BCUT2D eigenvalue weighted by molar-refractivity contribution is -0.190. The maximum Gasteiger partial charge on any atom is 0.446 e. The summed E-state index contributed by atoms with van der Waals surface area (Å²) in [5, 5.41) is -6.40. The van der Waals surface area contributed by atoms with Crippen molar-refractivity contribution in [2.45, 2.75) is 11.2 Å². The molecule has 78 valence electrons. The van der Waals surface area contributed by atoms with Crippen molar-refractivity contribution in [1.82, 2.24) is 0 Å². The molecule has 0 bridgehead atoms. The lowest BCUT2D eigenvalue weighted by Crippen LogP contribution is -2.49. The Kier molecular flexibility index (Phi) is 2.68. The van der Waals surface area contributed by atoms with Crippen molar-refractivity contribution in [2.75, 3.05) is 0 Å². The molecule has 3 nitrogen and oxygen atoms in total. The van der Waals surface area contributed by atoms with Crippen molar-refractivity contribution in [2.24, 2.45) is 0 Å². The van der Waals surface area contributed by atoms with Crippen molar-refractivity contribution in [3.63, 3.8) is 0 Å². The third kappa shape index (κ3) is 1.76. The summed E-state index contributed by atoms with van der Waals surface area (Å²) in [6.45, 7) is 0. The van der Waals surface area contributed by atoms with Gasteiger partial charge in [-0.25, -0.2) is 0 Å². The van der Waals surface area contributed by atoms with E-state index in [9.17, 15) is 39.1 Å². The number of carbonyl (C=O) groups excluding carboxylic acids is 1. The number of carbonyl (C=O) groups is 1. The smallest absolute Gasteiger partial charge is 0.254 e. The molecule has 0 fully saturated rings. The van der Waals surface area contributed by atoms with Crippen LogP contribution in [0.2, 0.25) is 0 Å². The minimum absolute atomic E-state index is 3.93. The fourth-order valence-corrected chi connectivity index (χ4v) is 0.654. The van der Waals surface area contributed by atoms with Gasteiger partial charge in [-0.1, -0.05) is 3.89 Å². The molecule has 10 heteroatoms. The van der Waals surface area contributed by atoms with E-state index in [0.29, 0.717) is 0 Å². The molecule has 0 heterocycles. The normalized spacial score (nSPS) is 14.3. The van der Waals surface area contributed by atoms with Crippen molar-refractivity contribution in [1.29, 1.82) is 0 Å². The predicted octanol–water partition coefficient (Wildman–Crippen LogP) is 1.01. The molecular formula is C3F6O3S. The average molecular weight is 230 g/mol. The van der Waals surface area contributed by atoms with Crippen LogP contribution >= 0.6 is 0 Å².